The predicted molar refractivity (Wildman–Crippen MR) is 96.4 cm³/mol. The summed E-state index contributed by atoms with van der Waals surface area (Å²) in [7, 11) is 0. The molecule has 0 atom stereocenters. The van der Waals surface area contributed by atoms with Gasteiger partial charge in [0.25, 0.3) is 0 Å². The summed E-state index contributed by atoms with van der Waals surface area (Å²) in [4.78, 5) is 20.3. The van der Waals surface area contributed by atoms with Crippen LogP contribution < -0.4 is 0 Å². The minimum Gasteiger partial charge on any atom is -0.345 e. The lowest BCUT2D eigenvalue weighted by Gasteiger charge is -2.03. The second-order valence-corrected chi connectivity index (χ2v) is 5.96. The van der Waals surface area contributed by atoms with E-state index in [1.54, 1.807) is 12.4 Å². The van der Waals surface area contributed by atoms with Gasteiger partial charge in [0.1, 0.15) is 5.65 Å². The molecule has 0 unspecified atom stereocenters. The first-order valence-corrected chi connectivity index (χ1v) is 7.93. The number of fused-ring (bicyclic) bond motifs is 1. The first-order chi connectivity index (χ1) is 11.7. The Kier molecular flexibility index (Phi) is 3.63. The average molecular weight is 333 g/mol. The molecule has 24 heavy (non-hydrogen) atoms. The minimum atomic E-state index is -0.0168. The van der Waals surface area contributed by atoms with Crippen molar-refractivity contribution in [2.45, 2.75) is 0 Å². The number of pyridine rings is 1. The number of nitrogens with one attached hydrogen (secondary N) is 1. The molecule has 0 amide bonds. The van der Waals surface area contributed by atoms with Crippen LogP contribution in [0.1, 0.15) is 15.9 Å². The molecule has 0 aliphatic heterocycles. The van der Waals surface area contributed by atoms with Gasteiger partial charge in [0.05, 0.1) is 0 Å². The zero-order chi connectivity index (χ0) is 16.5. The molecule has 0 radical (unpaired) electrons. The van der Waals surface area contributed by atoms with E-state index in [1.165, 1.54) is 0 Å². The number of benzene rings is 2. The van der Waals surface area contributed by atoms with E-state index in [2.05, 4.69) is 9.97 Å². The lowest BCUT2D eigenvalue weighted by atomic mass is 10.0. The molecule has 3 nitrogen and oxygen atoms in total. The molecule has 0 aliphatic rings. The van der Waals surface area contributed by atoms with Crippen LogP contribution in [0.5, 0.6) is 0 Å². The van der Waals surface area contributed by atoms with Gasteiger partial charge in [-0.3, -0.25) is 4.79 Å². The third kappa shape index (κ3) is 2.59. The maximum atomic E-state index is 12.7. The van der Waals surface area contributed by atoms with Crippen molar-refractivity contribution in [1.82, 2.24) is 9.97 Å². The van der Waals surface area contributed by atoms with E-state index in [0.29, 0.717) is 21.8 Å². The second kappa shape index (κ2) is 5.95. The normalized spacial score (nSPS) is 10.9. The highest BCUT2D eigenvalue weighted by Gasteiger charge is 2.15. The number of nitrogens with zero attached hydrogens (tertiary/aromatic N) is 1. The number of halogens is 1. The molecule has 0 spiro atoms. The van der Waals surface area contributed by atoms with Gasteiger partial charge in [-0.25, -0.2) is 4.98 Å². The molecule has 0 bridgehead atoms. The highest BCUT2D eigenvalue weighted by atomic mass is 35.5. The van der Waals surface area contributed by atoms with Crippen molar-refractivity contribution < 1.29 is 4.79 Å². The number of aromatic amines is 1. The van der Waals surface area contributed by atoms with Crippen LogP contribution in [0.2, 0.25) is 5.02 Å². The van der Waals surface area contributed by atoms with Crippen LogP contribution in [0.15, 0.2) is 73.1 Å². The maximum Gasteiger partial charge on any atom is 0.195 e. The van der Waals surface area contributed by atoms with Gasteiger partial charge in [-0.2, -0.15) is 0 Å². The first kappa shape index (κ1) is 14.7. The number of carbonyl (C=O) groups is 1. The number of rotatable bonds is 3. The highest BCUT2D eigenvalue weighted by Crippen LogP contribution is 2.27. The molecule has 2 aromatic heterocycles. The topological polar surface area (TPSA) is 45.8 Å². The number of H-pyrrole nitrogens is 1. The summed E-state index contributed by atoms with van der Waals surface area (Å²) < 4.78 is 0. The van der Waals surface area contributed by atoms with Crippen LogP contribution >= 0.6 is 11.6 Å². The fourth-order valence-electron chi connectivity index (χ4n) is 2.74. The Morgan fingerprint density at radius 1 is 0.958 bits per heavy atom. The largest absolute Gasteiger partial charge is 0.345 e. The molecule has 0 aliphatic carbocycles. The van der Waals surface area contributed by atoms with Crippen LogP contribution in [0.25, 0.3) is 22.2 Å². The Morgan fingerprint density at radius 3 is 2.46 bits per heavy atom. The van der Waals surface area contributed by atoms with Crippen LogP contribution in [0.3, 0.4) is 0 Å². The molecule has 0 saturated carbocycles. The summed E-state index contributed by atoms with van der Waals surface area (Å²) >= 11 is 5.95. The molecule has 1 N–H and O–H groups in total. The predicted octanol–water partition coefficient (Wildman–Crippen LogP) is 5.11. The molecule has 0 fully saturated rings. The standard InChI is InChI=1S/C20H13ClN2O/c21-16-8-6-13(7-9-16)15-10-17-18(12-23-20(17)22-11-15)19(24)14-4-2-1-3-5-14/h1-12H,(H,22,23). The molecule has 2 heterocycles. The average Bonchev–Trinajstić information content (AvgIpc) is 3.05. The van der Waals surface area contributed by atoms with Gasteiger partial charge < -0.3 is 4.98 Å². The van der Waals surface area contributed by atoms with Crippen molar-refractivity contribution in [3.8, 4) is 11.1 Å². The highest BCUT2D eigenvalue weighted by molar-refractivity contribution is 6.30. The van der Waals surface area contributed by atoms with E-state index >= 15 is 0 Å². The number of hydrogen-bond donors (Lipinski definition) is 1. The summed E-state index contributed by atoms with van der Waals surface area (Å²) in [6, 6.07) is 18.8. The van der Waals surface area contributed by atoms with Gasteiger partial charge in [0.15, 0.2) is 5.78 Å². The van der Waals surface area contributed by atoms with E-state index in [4.69, 9.17) is 11.6 Å². The van der Waals surface area contributed by atoms with Crippen LogP contribution in [0, 0.1) is 0 Å². The Balaban J connectivity index is 1.82. The number of hydrogen-bond acceptors (Lipinski definition) is 2. The Labute approximate surface area is 143 Å². The molecule has 4 rings (SSSR count). The Morgan fingerprint density at radius 2 is 1.71 bits per heavy atom. The zero-order valence-electron chi connectivity index (χ0n) is 12.7. The van der Waals surface area contributed by atoms with E-state index < -0.39 is 0 Å². The van der Waals surface area contributed by atoms with Gasteiger partial charge in [-0.05, 0) is 23.8 Å². The van der Waals surface area contributed by atoms with Crippen molar-refractivity contribution in [3.63, 3.8) is 0 Å². The molecule has 4 aromatic rings. The summed E-state index contributed by atoms with van der Waals surface area (Å²) in [6.07, 6.45) is 3.51. The van der Waals surface area contributed by atoms with Crippen molar-refractivity contribution in [3.05, 3.63) is 89.2 Å². The van der Waals surface area contributed by atoms with E-state index in [1.807, 2.05) is 60.7 Å². The van der Waals surface area contributed by atoms with Crippen LogP contribution in [0.4, 0.5) is 0 Å². The van der Waals surface area contributed by atoms with Gasteiger partial charge in [0.2, 0.25) is 0 Å². The number of ketones is 1. The summed E-state index contributed by atoms with van der Waals surface area (Å²) in [5.41, 5.74) is 3.94. The Bertz CT molecular complexity index is 1020. The Hall–Kier alpha value is -2.91. The second-order valence-electron chi connectivity index (χ2n) is 5.52. The number of carbonyl (C=O) groups excluding carboxylic acids is 1. The van der Waals surface area contributed by atoms with E-state index in [-0.39, 0.29) is 5.78 Å². The lowest BCUT2D eigenvalue weighted by Crippen LogP contribution is -1.99. The summed E-state index contributed by atoms with van der Waals surface area (Å²) in [5.74, 6) is -0.0168. The molecule has 116 valence electrons. The van der Waals surface area contributed by atoms with Gasteiger partial charge >= 0.3 is 0 Å². The van der Waals surface area contributed by atoms with Gasteiger partial charge in [0, 0.05) is 39.5 Å². The summed E-state index contributed by atoms with van der Waals surface area (Å²) in [5, 5.41) is 1.51. The lowest BCUT2D eigenvalue weighted by molar-refractivity contribution is 0.104. The van der Waals surface area contributed by atoms with Crippen LogP contribution in [-0.4, -0.2) is 15.8 Å². The molecule has 2 aromatic carbocycles. The van der Waals surface area contributed by atoms with Crippen molar-refractivity contribution in [1.29, 1.82) is 0 Å². The van der Waals surface area contributed by atoms with E-state index in [0.717, 1.165) is 16.5 Å². The third-order valence-corrected chi connectivity index (χ3v) is 4.24. The first-order valence-electron chi connectivity index (χ1n) is 7.55. The van der Waals surface area contributed by atoms with Crippen molar-refractivity contribution in [2.75, 3.05) is 0 Å². The van der Waals surface area contributed by atoms with Crippen LogP contribution in [-0.2, 0) is 0 Å². The van der Waals surface area contributed by atoms with Crippen molar-refractivity contribution >= 4 is 28.4 Å². The fourth-order valence-corrected chi connectivity index (χ4v) is 2.86. The minimum absolute atomic E-state index is 0.0168. The fraction of sp³-hybridized carbons (Fsp3) is 0. The van der Waals surface area contributed by atoms with E-state index in [9.17, 15) is 4.79 Å². The zero-order valence-corrected chi connectivity index (χ0v) is 13.4. The third-order valence-electron chi connectivity index (χ3n) is 3.99. The van der Waals surface area contributed by atoms with Gasteiger partial charge in [-0.15, -0.1) is 0 Å². The quantitative estimate of drug-likeness (QED) is 0.529. The number of aromatic nitrogens is 2. The SMILES string of the molecule is O=C(c1ccccc1)c1c[nH]c2ncc(-c3ccc(Cl)cc3)cc12. The smallest absolute Gasteiger partial charge is 0.195 e. The molecular weight excluding hydrogens is 320 g/mol. The summed E-state index contributed by atoms with van der Waals surface area (Å²) in [6.45, 7) is 0. The van der Waals surface area contributed by atoms with Gasteiger partial charge in [-0.1, -0.05) is 54.1 Å². The monoisotopic (exact) mass is 332 g/mol. The molecule has 4 heteroatoms. The van der Waals surface area contributed by atoms with Crippen molar-refractivity contribution in [2.24, 2.45) is 0 Å². The molecule has 0 saturated heterocycles. The maximum absolute atomic E-state index is 12.7. The molecular formula is C20H13ClN2O.